The smallest absolute Gasteiger partial charge is 0.207 e. The quantitative estimate of drug-likeness (QED) is 0.712. The Labute approximate surface area is 180 Å². The maximum atomic E-state index is 13.9. The number of hydrogen-bond acceptors (Lipinski definition) is 4. The summed E-state index contributed by atoms with van der Waals surface area (Å²) in [4.78, 5) is 11.0. The number of piperidine rings is 1. The van der Waals surface area contributed by atoms with Crippen LogP contribution in [0.2, 0.25) is 0 Å². The Morgan fingerprint density at radius 2 is 1.90 bits per heavy atom. The average molecular weight is 418 g/mol. The summed E-state index contributed by atoms with van der Waals surface area (Å²) >= 11 is 0. The van der Waals surface area contributed by atoms with E-state index in [-0.39, 0.29) is 29.3 Å². The maximum Gasteiger partial charge on any atom is 0.207 e. The molecule has 0 radical (unpaired) electrons. The molecule has 0 bridgehead atoms. The first-order chi connectivity index (χ1) is 14.3. The molecule has 6 heteroatoms. The molecule has 2 aliphatic rings. The van der Waals surface area contributed by atoms with Gasteiger partial charge in [-0.25, -0.2) is 4.39 Å². The normalized spacial score (nSPS) is 24.1. The number of rotatable bonds is 5. The molecule has 2 fully saturated rings. The molecule has 3 atom stereocenters. The third-order valence-corrected chi connectivity index (χ3v) is 6.47. The van der Waals surface area contributed by atoms with Crippen molar-refractivity contribution < 1.29 is 13.9 Å². The minimum absolute atomic E-state index is 0.0136. The van der Waals surface area contributed by atoms with Crippen molar-refractivity contribution in [3.05, 3.63) is 35.6 Å². The predicted molar refractivity (Wildman–Crippen MR) is 116 cm³/mol. The van der Waals surface area contributed by atoms with Crippen LogP contribution in [0.1, 0.15) is 58.4 Å². The highest BCUT2D eigenvalue weighted by Gasteiger charge is 2.51. The summed E-state index contributed by atoms with van der Waals surface area (Å²) in [5, 5.41) is 16.6. The van der Waals surface area contributed by atoms with Crippen LogP contribution in [-0.4, -0.2) is 38.3 Å². The molecule has 3 rings (SSSR count). The first kappa shape index (κ1) is 24.3. The molecule has 0 spiro atoms. The SMILES string of the molecule is COC(C)(C)C.N#CC(c1cccc(F)c1)(C1CCNCC1)C1CCCC1NC=O. The van der Waals surface area contributed by atoms with Gasteiger partial charge < -0.3 is 15.4 Å². The number of benzene rings is 1. The monoisotopic (exact) mass is 417 g/mol. The Hall–Kier alpha value is -1.97. The molecular formula is C24H36FN3O2. The summed E-state index contributed by atoms with van der Waals surface area (Å²) in [7, 11) is 1.71. The van der Waals surface area contributed by atoms with Crippen molar-refractivity contribution in [2.75, 3.05) is 20.2 Å². The number of nitrogens with zero attached hydrogens (tertiary/aromatic N) is 1. The second-order valence-electron chi connectivity index (χ2n) is 9.26. The van der Waals surface area contributed by atoms with Crippen LogP contribution in [0.4, 0.5) is 4.39 Å². The molecule has 166 valence electrons. The number of carbonyl (C=O) groups excluding carboxylic acids is 1. The van der Waals surface area contributed by atoms with Gasteiger partial charge in [0.05, 0.1) is 17.1 Å². The number of halogens is 1. The lowest BCUT2D eigenvalue weighted by atomic mass is 9.59. The van der Waals surface area contributed by atoms with E-state index in [1.54, 1.807) is 13.2 Å². The molecule has 30 heavy (non-hydrogen) atoms. The molecule has 0 aromatic heterocycles. The maximum absolute atomic E-state index is 13.9. The summed E-state index contributed by atoms with van der Waals surface area (Å²) in [6.45, 7) is 7.82. The van der Waals surface area contributed by atoms with E-state index in [1.807, 2.05) is 26.8 Å². The van der Waals surface area contributed by atoms with Crippen molar-refractivity contribution in [3.8, 4) is 6.07 Å². The Morgan fingerprint density at radius 1 is 1.23 bits per heavy atom. The van der Waals surface area contributed by atoms with Gasteiger partial charge in [0.1, 0.15) is 5.82 Å². The lowest BCUT2D eigenvalue weighted by molar-refractivity contribution is -0.110. The van der Waals surface area contributed by atoms with Crippen LogP contribution in [0, 0.1) is 29.0 Å². The first-order valence-electron chi connectivity index (χ1n) is 10.9. The van der Waals surface area contributed by atoms with Gasteiger partial charge in [0.25, 0.3) is 0 Å². The van der Waals surface area contributed by atoms with Gasteiger partial charge in [-0.05, 0) is 83.2 Å². The second kappa shape index (κ2) is 10.9. The van der Waals surface area contributed by atoms with E-state index >= 15 is 0 Å². The summed E-state index contributed by atoms with van der Waals surface area (Å²) in [5.41, 5.74) is 0.0583. The third kappa shape index (κ3) is 5.80. The zero-order valence-electron chi connectivity index (χ0n) is 18.7. The van der Waals surface area contributed by atoms with Crippen LogP contribution >= 0.6 is 0 Å². The number of nitriles is 1. The van der Waals surface area contributed by atoms with E-state index in [9.17, 15) is 14.4 Å². The van der Waals surface area contributed by atoms with Crippen molar-refractivity contribution in [1.29, 1.82) is 5.26 Å². The molecule has 1 aromatic carbocycles. The molecule has 3 unspecified atom stereocenters. The van der Waals surface area contributed by atoms with Crippen LogP contribution in [0.15, 0.2) is 24.3 Å². The van der Waals surface area contributed by atoms with Gasteiger partial charge in [-0.1, -0.05) is 18.6 Å². The Bertz CT molecular complexity index is 722. The van der Waals surface area contributed by atoms with Crippen molar-refractivity contribution in [2.24, 2.45) is 11.8 Å². The summed E-state index contributed by atoms with van der Waals surface area (Å²) in [5.74, 6) is -0.110. The second-order valence-corrected chi connectivity index (χ2v) is 9.26. The fraction of sp³-hybridized carbons (Fsp3) is 0.667. The number of nitrogens with one attached hydrogen (secondary N) is 2. The number of hydrogen-bond donors (Lipinski definition) is 2. The summed E-state index contributed by atoms with van der Waals surface area (Å²) in [6, 6.07) is 9.10. The van der Waals surface area contributed by atoms with Crippen molar-refractivity contribution >= 4 is 6.41 Å². The Morgan fingerprint density at radius 3 is 2.43 bits per heavy atom. The van der Waals surface area contributed by atoms with Crippen LogP contribution in [-0.2, 0) is 14.9 Å². The minimum Gasteiger partial charge on any atom is -0.379 e. The largest absolute Gasteiger partial charge is 0.379 e. The lowest BCUT2D eigenvalue weighted by Crippen LogP contribution is -2.51. The Kier molecular flexibility index (Phi) is 8.81. The lowest BCUT2D eigenvalue weighted by Gasteiger charge is -2.44. The van der Waals surface area contributed by atoms with E-state index in [4.69, 9.17) is 4.74 Å². The number of methoxy groups -OCH3 is 1. The average Bonchev–Trinajstić information content (AvgIpc) is 3.19. The Balaban J connectivity index is 0.000000469. The third-order valence-electron chi connectivity index (χ3n) is 6.47. The van der Waals surface area contributed by atoms with E-state index in [1.165, 1.54) is 12.1 Å². The topological polar surface area (TPSA) is 74.2 Å². The summed E-state index contributed by atoms with van der Waals surface area (Å²) < 4.78 is 18.9. The molecule has 2 N–H and O–H groups in total. The molecule has 1 heterocycles. The van der Waals surface area contributed by atoms with Gasteiger partial charge in [0.2, 0.25) is 6.41 Å². The highest BCUT2D eigenvalue weighted by molar-refractivity contribution is 5.48. The molecule has 1 aliphatic heterocycles. The van der Waals surface area contributed by atoms with E-state index < -0.39 is 5.41 Å². The number of amides is 1. The molecule has 1 saturated carbocycles. The standard InChI is InChI=1S/C19H24FN3O.C5H12O/c20-16-4-1-3-15(11-16)19(12-21,14-7-9-22-10-8-14)17-5-2-6-18(17)23-13-24;1-5(2,3)6-4/h1,3-4,11,13-14,17-18,22H,2,5-10H2,(H,23,24);1-4H3. The van der Waals surface area contributed by atoms with Crippen LogP contribution in [0.25, 0.3) is 0 Å². The highest BCUT2D eigenvalue weighted by Crippen LogP contribution is 2.49. The van der Waals surface area contributed by atoms with E-state index in [0.717, 1.165) is 57.2 Å². The minimum atomic E-state index is -0.749. The zero-order valence-corrected chi connectivity index (χ0v) is 18.7. The van der Waals surface area contributed by atoms with Crippen molar-refractivity contribution in [2.45, 2.75) is 69.9 Å². The summed E-state index contributed by atoms with van der Waals surface area (Å²) in [6.07, 6.45) is 5.29. The number of ether oxygens (including phenoxy) is 1. The molecule has 1 saturated heterocycles. The van der Waals surface area contributed by atoms with Gasteiger partial charge in [-0.3, -0.25) is 4.79 Å². The van der Waals surface area contributed by atoms with Gasteiger partial charge in [0, 0.05) is 19.1 Å². The van der Waals surface area contributed by atoms with Crippen LogP contribution < -0.4 is 10.6 Å². The highest BCUT2D eigenvalue weighted by atomic mass is 19.1. The van der Waals surface area contributed by atoms with Crippen LogP contribution in [0.3, 0.4) is 0 Å². The fourth-order valence-corrected chi connectivity index (χ4v) is 4.81. The van der Waals surface area contributed by atoms with Gasteiger partial charge in [0.15, 0.2) is 0 Å². The van der Waals surface area contributed by atoms with E-state index in [0.29, 0.717) is 0 Å². The molecule has 5 nitrogen and oxygen atoms in total. The number of carbonyl (C=O) groups is 1. The molecule has 1 amide bonds. The predicted octanol–water partition coefficient (Wildman–Crippen LogP) is 3.93. The fourth-order valence-electron chi connectivity index (χ4n) is 4.81. The zero-order chi connectivity index (χ0) is 22.2. The van der Waals surface area contributed by atoms with Gasteiger partial charge in [-0.2, -0.15) is 5.26 Å². The van der Waals surface area contributed by atoms with Crippen molar-refractivity contribution in [3.63, 3.8) is 0 Å². The first-order valence-corrected chi connectivity index (χ1v) is 10.9. The molecule has 1 aliphatic carbocycles. The van der Waals surface area contributed by atoms with Gasteiger partial charge >= 0.3 is 0 Å². The van der Waals surface area contributed by atoms with Gasteiger partial charge in [-0.15, -0.1) is 0 Å². The van der Waals surface area contributed by atoms with E-state index in [2.05, 4.69) is 16.7 Å². The van der Waals surface area contributed by atoms with Crippen molar-refractivity contribution in [1.82, 2.24) is 10.6 Å². The molecule has 1 aromatic rings. The van der Waals surface area contributed by atoms with Crippen LogP contribution in [0.5, 0.6) is 0 Å². The molecular weight excluding hydrogens is 381 g/mol.